The van der Waals surface area contributed by atoms with Crippen LogP contribution in [0.1, 0.15) is 0 Å². The number of benzene rings is 4. The third-order valence-corrected chi connectivity index (χ3v) is 10.7. The van der Waals surface area contributed by atoms with Crippen molar-refractivity contribution in [2.24, 2.45) is 0 Å². The van der Waals surface area contributed by atoms with E-state index >= 15 is 0 Å². The van der Waals surface area contributed by atoms with E-state index in [1.54, 1.807) is 0 Å². The lowest BCUT2D eigenvalue weighted by molar-refractivity contribution is -0.384. The van der Waals surface area contributed by atoms with Gasteiger partial charge in [-0.1, -0.05) is 23.2 Å². The number of nitrogens with zero attached hydrogens (tertiary/aromatic N) is 2. The summed E-state index contributed by atoms with van der Waals surface area (Å²) in [6, 6.07) is 14.3. The number of nitro groups is 2. The molecule has 0 saturated carbocycles. The Bertz CT molecular complexity index is 1950. The standard InChI is InChI=1S/C24H16Cl2N4O10S3/c25-15-1-5-17(6-2-15)42(37,38)27-21-11-9-19(13-23(21)29(31)32)41(35,36)20-10-12-22(24(14-20)30(33)34)28-43(39,40)18-7-3-16(26)4-8-18/h1-14,27-28H. The zero-order valence-corrected chi connectivity index (χ0v) is 25.0. The van der Waals surface area contributed by atoms with E-state index < -0.39 is 72.3 Å². The molecule has 0 spiro atoms. The van der Waals surface area contributed by atoms with Gasteiger partial charge in [0, 0.05) is 22.2 Å². The van der Waals surface area contributed by atoms with Gasteiger partial charge in [-0.15, -0.1) is 0 Å². The van der Waals surface area contributed by atoms with Crippen LogP contribution < -0.4 is 9.44 Å². The zero-order valence-electron chi connectivity index (χ0n) is 21.0. The van der Waals surface area contributed by atoms with Gasteiger partial charge in [0.05, 0.1) is 29.4 Å². The number of halogens is 2. The van der Waals surface area contributed by atoms with Crippen LogP contribution in [0.5, 0.6) is 0 Å². The summed E-state index contributed by atoms with van der Waals surface area (Å²) in [5, 5.41) is 24.0. The van der Waals surface area contributed by atoms with E-state index in [0.29, 0.717) is 12.1 Å². The molecule has 0 saturated heterocycles. The Morgan fingerprint density at radius 1 is 0.512 bits per heavy atom. The van der Waals surface area contributed by atoms with Crippen LogP contribution in [-0.4, -0.2) is 35.1 Å². The Labute approximate surface area is 254 Å². The third-order valence-electron chi connectivity index (χ3n) is 5.69. The van der Waals surface area contributed by atoms with Crippen molar-refractivity contribution in [2.75, 3.05) is 9.44 Å². The van der Waals surface area contributed by atoms with Gasteiger partial charge in [-0.05, 0) is 72.8 Å². The molecule has 43 heavy (non-hydrogen) atoms. The summed E-state index contributed by atoms with van der Waals surface area (Å²) >= 11 is 11.5. The molecule has 14 nitrogen and oxygen atoms in total. The van der Waals surface area contributed by atoms with Crippen molar-refractivity contribution in [2.45, 2.75) is 19.6 Å². The summed E-state index contributed by atoms with van der Waals surface area (Å²) in [5.41, 5.74) is -2.98. The van der Waals surface area contributed by atoms with E-state index in [1.165, 1.54) is 24.3 Å². The monoisotopic (exact) mass is 686 g/mol. The fourth-order valence-corrected chi connectivity index (χ4v) is 7.30. The minimum absolute atomic E-state index is 0.242. The Hall–Kier alpha value is -4.29. The van der Waals surface area contributed by atoms with Crippen LogP contribution in [0.4, 0.5) is 22.7 Å². The predicted octanol–water partition coefficient (Wildman–Crippen LogP) is 5.24. The van der Waals surface area contributed by atoms with Crippen molar-refractivity contribution < 1.29 is 35.1 Å². The molecule has 0 aromatic heterocycles. The average Bonchev–Trinajstić information content (AvgIpc) is 2.93. The number of hydrogen-bond acceptors (Lipinski definition) is 10. The van der Waals surface area contributed by atoms with Gasteiger partial charge in [-0.25, -0.2) is 25.3 Å². The van der Waals surface area contributed by atoms with Gasteiger partial charge < -0.3 is 0 Å². The van der Waals surface area contributed by atoms with Gasteiger partial charge in [-0.3, -0.25) is 29.7 Å². The molecule has 0 atom stereocenters. The maximum Gasteiger partial charge on any atom is 0.294 e. The summed E-state index contributed by atoms with van der Waals surface area (Å²) in [6.45, 7) is 0. The van der Waals surface area contributed by atoms with Crippen molar-refractivity contribution in [3.8, 4) is 0 Å². The number of hydrogen-bond donors (Lipinski definition) is 2. The molecule has 0 aliphatic rings. The first-order valence-corrected chi connectivity index (χ1v) is 16.6. The first kappa shape index (κ1) is 31.6. The Morgan fingerprint density at radius 2 is 0.814 bits per heavy atom. The van der Waals surface area contributed by atoms with Crippen LogP contribution in [0.25, 0.3) is 0 Å². The van der Waals surface area contributed by atoms with E-state index in [4.69, 9.17) is 23.2 Å². The minimum Gasteiger partial charge on any atom is -0.273 e. The van der Waals surface area contributed by atoms with Gasteiger partial charge in [0.15, 0.2) is 0 Å². The second-order valence-electron chi connectivity index (χ2n) is 8.49. The first-order chi connectivity index (χ1) is 20.0. The lowest BCUT2D eigenvalue weighted by Gasteiger charge is -2.12. The van der Waals surface area contributed by atoms with Gasteiger partial charge in [0.1, 0.15) is 11.4 Å². The van der Waals surface area contributed by atoms with E-state index in [-0.39, 0.29) is 19.8 Å². The van der Waals surface area contributed by atoms with Gasteiger partial charge >= 0.3 is 0 Å². The first-order valence-electron chi connectivity index (χ1n) is 11.4. The number of rotatable bonds is 10. The molecular weight excluding hydrogens is 671 g/mol. The number of anilines is 2. The summed E-state index contributed by atoms with van der Waals surface area (Å²) in [7, 11) is -13.4. The average molecular weight is 688 g/mol. The topological polar surface area (TPSA) is 213 Å². The van der Waals surface area contributed by atoms with Crippen molar-refractivity contribution >= 4 is 75.8 Å². The molecule has 4 aromatic carbocycles. The molecule has 2 N–H and O–H groups in total. The van der Waals surface area contributed by atoms with Crippen molar-refractivity contribution in [1.29, 1.82) is 0 Å². The molecule has 0 unspecified atom stereocenters. The second-order valence-corrected chi connectivity index (χ2v) is 14.7. The molecule has 224 valence electrons. The summed E-state index contributed by atoms with van der Waals surface area (Å²) in [4.78, 5) is 19.5. The highest BCUT2D eigenvalue weighted by atomic mass is 35.5. The Morgan fingerprint density at radius 3 is 1.12 bits per heavy atom. The van der Waals surface area contributed by atoms with Crippen LogP contribution >= 0.6 is 23.2 Å². The Balaban J connectivity index is 1.71. The van der Waals surface area contributed by atoms with Crippen LogP contribution in [-0.2, 0) is 29.9 Å². The highest BCUT2D eigenvalue weighted by molar-refractivity contribution is 7.93. The van der Waals surface area contributed by atoms with Crippen LogP contribution in [0.15, 0.2) is 105 Å². The van der Waals surface area contributed by atoms with E-state index in [2.05, 4.69) is 0 Å². The van der Waals surface area contributed by atoms with Crippen LogP contribution in [0.3, 0.4) is 0 Å². The normalized spacial score (nSPS) is 12.0. The predicted molar refractivity (Wildman–Crippen MR) is 156 cm³/mol. The quantitative estimate of drug-likeness (QED) is 0.163. The molecule has 0 fully saturated rings. The highest BCUT2D eigenvalue weighted by Crippen LogP contribution is 2.35. The van der Waals surface area contributed by atoms with Crippen molar-refractivity contribution in [1.82, 2.24) is 0 Å². The fraction of sp³-hybridized carbons (Fsp3) is 0. The number of sulfone groups is 1. The molecule has 0 bridgehead atoms. The number of nitrogens with one attached hydrogen (secondary N) is 2. The molecule has 4 rings (SSSR count). The summed E-state index contributed by atoms with van der Waals surface area (Å²) in [6.07, 6.45) is 0. The maximum atomic E-state index is 13.3. The maximum absolute atomic E-state index is 13.3. The SMILES string of the molecule is O=[N+]([O-])c1cc(S(=O)(=O)c2ccc(NS(=O)(=O)c3ccc(Cl)cc3)c([N+](=O)[O-])c2)ccc1NS(=O)(=O)c1ccc(Cl)cc1. The highest BCUT2D eigenvalue weighted by Gasteiger charge is 2.29. The van der Waals surface area contributed by atoms with Crippen LogP contribution in [0, 0.1) is 20.2 Å². The fourth-order valence-electron chi connectivity index (χ4n) is 3.60. The lowest BCUT2D eigenvalue weighted by Crippen LogP contribution is -2.15. The molecule has 0 amide bonds. The molecule has 0 aliphatic heterocycles. The van der Waals surface area contributed by atoms with Crippen LogP contribution in [0.2, 0.25) is 10.0 Å². The number of nitro benzene ring substituents is 2. The molecule has 19 heteroatoms. The second kappa shape index (κ2) is 11.8. The zero-order chi connectivity index (χ0) is 31.7. The third kappa shape index (κ3) is 6.86. The molecular formula is C24H16Cl2N4O10S3. The largest absolute Gasteiger partial charge is 0.294 e. The molecule has 0 aliphatic carbocycles. The van der Waals surface area contributed by atoms with Gasteiger partial charge in [0.2, 0.25) is 9.84 Å². The Kier molecular flexibility index (Phi) is 8.66. The van der Waals surface area contributed by atoms with E-state index in [9.17, 15) is 45.5 Å². The van der Waals surface area contributed by atoms with Crippen molar-refractivity contribution in [3.63, 3.8) is 0 Å². The smallest absolute Gasteiger partial charge is 0.273 e. The molecule has 4 aromatic rings. The molecule has 0 heterocycles. The van der Waals surface area contributed by atoms with E-state index in [1.807, 2.05) is 9.44 Å². The van der Waals surface area contributed by atoms with Gasteiger partial charge in [-0.2, -0.15) is 0 Å². The number of sulfonamides is 2. The summed E-state index contributed by atoms with van der Waals surface area (Å²) in [5.74, 6) is 0. The van der Waals surface area contributed by atoms with Crippen molar-refractivity contribution in [3.05, 3.63) is 115 Å². The molecule has 0 radical (unpaired) electrons. The minimum atomic E-state index is -4.68. The lowest BCUT2D eigenvalue weighted by atomic mass is 10.3. The van der Waals surface area contributed by atoms with Gasteiger partial charge in [0.25, 0.3) is 31.4 Å². The van der Waals surface area contributed by atoms with E-state index in [0.717, 1.165) is 48.5 Å². The summed E-state index contributed by atoms with van der Waals surface area (Å²) < 4.78 is 81.6.